The molecular weight excluding hydrogens is 217 g/mol. The number of allylic oxidation sites excluding steroid dienone is 2. The SMILES string of the molecule is COc1ccc2c(c1)C(C(F)(F)F)=CCC2. The molecule has 0 spiro atoms. The van der Waals surface area contributed by atoms with Gasteiger partial charge in [-0.2, -0.15) is 13.2 Å². The third-order valence-electron chi connectivity index (χ3n) is 2.67. The van der Waals surface area contributed by atoms with E-state index in [0.29, 0.717) is 18.6 Å². The van der Waals surface area contributed by atoms with E-state index in [2.05, 4.69) is 0 Å². The Hall–Kier alpha value is -1.45. The zero-order valence-electron chi connectivity index (χ0n) is 8.77. The molecule has 0 aromatic heterocycles. The summed E-state index contributed by atoms with van der Waals surface area (Å²) in [6.07, 6.45) is -1.95. The molecule has 0 fully saturated rings. The van der Waals surface area contributed by atoms with Crippen LogP contribution in [-0.4, -0.2) is 13.3 Å². The Morgan fingerprint density at radius 1 is 1.25 bits per heavy atom. The summed E-state index contributed by atoms with van der Waals surface area (Å²) >= 11 is 0. The van der Waals surface area contributed by atoms with Crippen molar-refractivity contribution in [3.63, 3.8) is 0 Å². The first-order valence-corrected chi connectivity index (χ1v) is 4.97. The summed E-state index contributed by atoms with van der Waals surface area (Å²) in [5.74, 6) is 0.454. The molecule has 0 saturated carbocycles. The third-order valence-corrected chi connectivity index (χ3v) is 2.67. The van der Waals surface area contributed by atoms with Crippen molar-refractivity contribution in [3.8, 4) is 5.75 Å². The van der Waals surface area contributed by atoms with Crippen LogP contribution in [0, 0.1) is 0 Å². The van der Waals surface area contributed by atoms with Gasteiger partial charge in [-0.05, 0) is 36.1 Å². The first-order valence-electron chi connectivity index (χ1n) is 4.97. The minimum absolute atomic E-state index is 0.248. The lowest BCUT2D eigenvalue weighted by Gasteiger charge is -2.20. The Morgan fingerprint density at radius 3 is 2.62 bits per heavy atom. The zero-order chi connectivity index (χ0) is 11.8. The average molecular weight is 228 g/mol. The van der Waals surface area contributed by atoms with Crippen molar-refractivity contribution in [3.05, 3.63) is 35.4 Å². The van der Waals surface area contributed by atoms with Gasteiger partial charge in [0.25, 0.3) is 0 Å². The van der Waals surface area contributed by atoms with E-state index < -0.39 is 11.7 Å². The van der Waals surface area contributed by atoms with Gasteiger partial charge in [0.1, 0.15) is 5.75 Å². The zero-order valence-corrected chi connectivity index (χ0v) is 8.77. The van der Waals surface area contributed by atoms with E-state index in [1.807, 2.05) is 0 Å². The Kier molecular flexibility index (Phi) is 2.66. The highest BCUT2D eigenvalue weighted by Crippen LogP contribution is 2.39. The van der Waals surface area contributed by atoms with Crippen LogP contribution >= 0.6 is 0 Å². The van der Waals surface area contributed by atoms with E-state index >= 15 is 0 Å². The van der Waals surface area contributed by atoms with E-state index in [-0.39, 0.29) is 5.56 Å². The van der Waals surface area contributed by atoms with Crippen LogP contribution in [0.25, 0.3) is 5.57 Å². The summed E-state index contributed by atoms with van der Waals surface area (Å²) < 4.78 is 43.2. The van der Waals surface area contributed by atoms with Gasteiger partial charge < -0.3 is 4.74 Å². The number of hydrogen-bond acceptors (Lipinski definition) is 1. The molecule has 1 aromatic rings. The Bertz CT molecular complexity index is 432. The van der Waals surface area contributed by atoms with Crippen molar-refractivity contribution in [2.75, 3.05) is 7.11 Å². The molecule has 0 bridgehead atoms. The Morgan fingerprint density at radius 2 is 2.00 bits per heavy atom. The van der Waals surface area contributed by atoms with Crippen LogP contribution in [-0.2, 0) is 6.42 Å². The molecule has 0 N–H and O–H groups in total. The summed E-state index contributed by atoms with van der Waals surface area (Å²) in [6.45, 7) is 0. The fourth-order valence-corrected chi connectivity index (χ4v) is 1.90. The number of rotatable bonds is 1. The lowest BCUT2D eigenvalue weighted by Crippen LogP contribution is -2.15. The van der Waals surface area contributed by atoms with Crippen molar-refractivity contribution in [1.29, 1.82) is 0 Å². The van der Waals surface area contributed by atoms with Gasteiger partial charge in [0.05, 0.1) is 12.7 Å². The van der Waals surface area contributed by atoms with Crippen molar-refractivity contribution >= 4 is 5.57 Å². The highest BCUT2D eigenvalue weighted by Gasteiger charge is 2.36. The van der Waals surface area contributed by atoms with Crippen molar-refractivity contribution in [2.45, 2.75) is 19.0 Å². The molecule has 0 radical (unpaired) electrons. The average Bonchev–Trinajstić information content (AvgIpc) is 2.26. The molecule has 0 saturated heterocycles. The lowest BCUT2D eigenvalue weighted by molar-refractivity contribution is -0.0692. The summed E-state index contributed by atoms with van der Waals surface area (Å²) in [5, 5.41) is 0. The first kappa shape index (κ1) is 11.0. The number of methoxy groups -OCH3 is 1. The molecular formula is C12H11F3O. The van der Waals surface area contributed by atoms with Gasteiger partial charge in [-0.15, -0.1) is 0 Å². The minimum Gasteiger partial charge on any atom is -0.497 e. The van der Waals surface area contributed by atoms with E-state index in [0.717, 1.165) is 5.56 Å². The van der Waals surface area contributed by atoms with Crippen LogP contribution in [0.5, 0.6) is 5.75 Å². The van der Waals surface area contributed by atoms with E-state index in [1.165, 1.54) is 19.3 Å². The van der Waals surface area contributed by atoms with Crippen molar-refractivity contribution in [1.82, 2.24) is 0 Å². The number of ether oxygens (including phenoxy) is 1. The molecule has 1 aromatic carbocycles. The predicted octanol–water partition coefficient (Wildman–Crippen LogP) is 3.59. The Labute approximate surface area is 91.5 Å². The molecule has 0 heterocycles. The molecule has 0 amide bonds. The molecule has 0 unspecified atom stereocenters. The van der Waals surface area contributed by atoms with E-state index in [9.17, 15) is 13.2 Å². The van der Waals surface area contributed by atoms with Crippen LogP contribution in [0.15, 0.2) is 24.3 Å². The standard InChI is InChI=1S/C12H11F3O/c1-16-9-6-5-8-3-2-4-11(10(8)7-9)12(13,14)15/h4-7H,2-3H2,1H3. The van der Waals surface area contributed by atoms with Crippen molar-refractivity contribution < 1.29 is 17.9 Å². The molecule has 1 aliphatic carbocycles. The normalized spacial score (nSPS) is 15.4. The molecule has 0 aliphatic heterocycles. The quantitative estimate of drug-likeness (QED) is 0.713. The van der Waals surface area contributed by atoms with Crippen LogP contribution in [0.3, 0.4) is 0 Å². The monoisotopic (exact) mass is 228 g/mol. The second kappa shape index (κ2) is 3.85. The third kappa shape index (κ3) is 1.92. The second-order valence-electron chi connectivity index (χ2n) is 3.68. The molecule has 1 aliphatic rings. The summed E-state index contributed by atoms with van der Waals surface area (Å²) in [6, 6.07) is 4.85. The summed E-state index contributed by atoms with van der Waals surface area (Å²) in [4.78, 5) is 0. The van der Waals surface area contributed by atoms with E-state index in [4.69, 9.17) is 4.74 Å². The van der Waals surface area contributed by atoms with Crippen LogP contribution < -0.4 is 4.74 Å². The molecule has 4 heteroatoms. The summed E-state index contributed by atoms with van der Waals surface area (Å²) in [7, 11) is 1.45. The van der Waals surface area contributed by atoms with Crippen LogP contribution in [0.4, 0.5) is 13.2 Å². The molecule has 2 rings (SSSR count). The topological polar surface area (TPSA) is 9.23 Å². The molecule has 1 nitrogen and oxygen atoms in total. The smallest absolute Gasteiger partial charge is 0.416 e. The van der Waals surface area contributed by atoms with Gasteiger partial charge in [-0.25, -0.2) is 0 Å². The number of fused-ring (bicyclic) bond motifs is 1. The van der Waals surface area contributed by atoms with Gasteiger partial charge in [0, 0.05) is 0 Å². The van der Waals surface area contributed by atoms with Crippen LogP contribution in [0.1, 0.15) is 17.5 Å². The molecule has 86 valence electrons. The second-order valence-corrected chi connectivity index (χ2v) is 3.68. The van der Waals surface area contributed by atoms with Crippen molar-refractivity contribution in [2.24, 2.45) is 0 Å². The lowest BCUT2D eigenvalue weighted by atomic mass is 9.90. The number of alkyl halides is 3. The maximum absolute atomic E-state index is 12.7. The van der Waals surface area contributed by atoms with Gasteiger partial charge >= 0.3 is 6.18 Å². The van der Waals surface area contributed by atoms with E-state index in [1.54, 1.807) is 12.1 Å². The molecule has 16 heavy (non-hydrogen) atoms. The predicted molar refractivity (Wildman–Crippen MR) is 55.3 cm³/mol. The van der Waals surface area contributed by atoms with Gasteiger partial charge in [-0.1, -0.05) is 12.1 Å². The number of halogens is 3. The maximum Gasteiger partial charge on any atom is 0.416 e. The Balaban J connectivity index is 2.51. The minimum atomic E-state index is -4.29. The fourth-order valence-electron chi connectivity index (χ4n) is 1.90. The highest BCUT2D eigenvalue weighted by atomic mass is 19.4. The number of benzene rings is 1. The highest BCUT2D eigenvalue weighted by molar-refractivity contribution is 5.74. The fraction of sp³-hybridized carbons (Fsp3) is 0.333. The largest absolute Gasteiger partial charge is 0.497 e. The number of hydrogen-bond donors (Lipinski definition) is 0. The molecule has 0 atom stereocenters. The maximum atomic E-state index is 12.7. The van der Waals surface area contributed by atoms with Crippen LogP contribution in [0.2, 0.25) is 0 Å². The van der Waals surface area contributed by atoms with Gasteiger partial charge in [0.15, 0.2) is 0 Å². The number of aryl methyl sites for hydroxylation is 1. The van der Waals surface area contributed by atoms with Gasteiger partial charge in [0.2, 0.25) is 0 Å². The summed E-state index contributed by atoms with van der Waals surface area (Å²) in [5.41, 5.74) is 0.432. The van der Waals surface area contributed by atoms with Gasteiger partial charge in [-0.3, -0.25) is 0 Å². The first-order chi connectivity index (χ1) is 7.52.